The molecule has 0 saturated carbocycles. The maximum Gasteiger partial charge on any atom is 0.241 e. The van der Waals surface area contributed by atoms with Gasteiger partial charge in [0.25, 0.3) is 0 Å². The van der Waals surface area contributed by atoms with Gasteiger partial charge in [-0.1, -0.05) is 23.7 Å². The van der Waals surface area contributed by atoms with Gasteiger partial charge in [-0.25, -0.2) is 4.98 Å². The lowest BCUT2D eigenvalue weighted by molar-refractivity contribution is 0.410. The summed E-state index contributed by atoms with van der Waals surface area (Å²) < 4.78 is 5.87. The number of ether oxygens (including phenoxy) is 1. The standard InChI is InChI=1S/C15H16ClN3O/c16-12-3-1-2-4-13(12)20-15-14(18-9-10-19-15)11-5-7-17-8-6-11/h1-4,9-11,17H,5-8H2. The van der Waals surface area contributed by atoms with Crippen molar-refractivity contribution in [3.05, 3.63) is 47.4 Å². The van der Waals surface area contributed by atoms with Crippen LogP contribution in [0.2, 0.25) is 5.02 Å². The molecule has 1 N–H and O–H groups in total. The summed E-state index contributed by atoms with van der Waals surface area (Å²) in [5, 5.41) is 3.93. The molecule has 1 aliphatic heterocycles. The zero-order valence-corrected chi connectivity index (χ0v) is 11.8. The molecule has 0 amide bonds. The van der Waals surface area contributed by atoms with Gasteiger partial charge in [0.15, 0.2) is 0 Å². The molecule has 1 saturated heterocycles. The Morgan fingerprint density at radius 1 is 1.10 bits per heavy atom. The lowest BCUT2D eigenvalue weighted by Gasteiger charge is -2.23. The van der Waals surface area contributed by atoms with Gasteiger partial charge in [0.05, 0.1) is 5.02 Å². The predicted octanol–water partition coefficient (Wildman–Crippen LogP) is 3.39. The zero-order chi connectivity index (χ0) is 13.8. The first-order valence-corrected chi connectivity index (χ1v) is 7.16. The molecular weight excluding hydrogens is 274 g/mol. The van der Waals surface area contributed by atoms with Gasteiger partial charge < -0.3 is 10.1 Å². The van der Waals surface area contributed by atoms with Gasteiger partial charge in [-0.3, -0.25) is 4.98 Å². The lowest BCUT2D eigenvalue weighted by atomic mass is 9.94. The number of halogens is 1. The third-order valence-electron chi connectivity index (χ3n) is 3.46. The Hall–Kier alpha value is -1.65. The van der Waals surface area contributed by atoms with E-state index in [1.165, 1.54) is 0 Å². The van der Waals surface area contributed by atoms with Crippen LogP contribution in [0.25, 0.3) is 0 Å². The molecule has 2 heterocycles. The van der Waals surface area contributed by atoms with Crippen LogP contribution in [0.5, 0.6) is 11.6 Å². The smallest absolute Gasteiger partial charge is 0.241 e. The average molecular weight is 290 g/mol. The molecule has 0 spiro atoms. The first-order valence-electron chi connectivity index (χ1n) is 6.78. The van der Waals surface area contributed by atoms with E-state index in [4.69, 9.17) is 16.3 Å². The number of nitrogens with zero attached hydrogens (tertiary/aromatic N) is 2. The molecule has 0 unspecified atom stereocenters. The largest absolute Gasteiger partial charge is 0.436 e. The summed E-state index contributed by atoms with van der Waals surface area (Å²) in [5.74, 6) is 1.57. The Morgan fingerprint density at radius 2 is 1.85 bits per heavy atom. The monoisotopic (exact) mass is 289 g/mol. The molecule has 1 aromatic carbocycles. The zero-order valence-electron chi connectivity index (χ0n) is 11.1. The summed E-state index contributed by atoms with van der Waals surface area (Å²) in [5.41, 5.74) is 0.925. The fourth-order valence-electron chi connectivity index (χ4n) is 2.42. The molecule has 2 aromatic rings. The third-order valence-corrected chi connectivity index (χ3v) is 3.77. The number of benzene rings is 1. The first kappa shape index (κ1) is 13.3. The minimum atomic E-state index is 0.391. The number of hydrogen-bond acceptors (Lipinski definition) is 4. The van der Waals surface area contributed by atoms with Crippen LogP contribution in [0.4, 0.5) is 0 Å². The topological polar surface area (TPSA) is 47.0 Å². The number of rotatable bonds is 3. The van der Waals surface area contributed by atoms with Gasteiger partial charge in [-0.15, -0.1) is 0 Å². The van der Waals surface area contributed by atoms with E-state index < -0.39 is 0 Å². The van der Waals surface area contributed by atoms with Gasteiger partial charge in [0.1, 0.15) is 11.4 Å². The van der Waals surface area contributed by atoms with Gasteiger partial charge in [-0.05, 0) is 38.1 Å². The van der Waals surface area contributed by atoms with E-state index in [-0.39, 0.29) is 0 Å². The number of aromatic nitrogens is 2. The fourth-order valence-corrected chi connectivity index (χ4v) is 2.60. The van der Waals surface area contributed by atoms with Crippen LogP contribution >= 0.6 is 11.6 Å². The van der Waals surface area contributed by atoms with Crippen LogP contribution < -0.4 is 10.1 Å². The molecule has 0 aliphatic carbocycles. The summed E-state index contributed by atoms with van der Waals surface area (Å²) >= 11 is 6.13. The summed E-state index contributed by atoms with van der Waals surface area (Å²) in [4.78, 5) is 8.80. The van der Waals surface area contributed by atoms with Crippen LogP contribution in [0.1, 0.15) is 24.5 Å². The van der Waals surface area contributed by atoms with Crippen molar-refractivity contribution < 1.29 is 4.74 Å². The van der Waals surface area contributed by atoms with E-state index >= 15 is 0 Å². The van der Waals surface area contributed by atoms with Crippen LogP contribution in [0.15, 0.2) is 36.7 Å². The summed E-state index contributed by atoms with van der Waals surface area (Å²) in [6.07, 6.45) is 5.47. The second-order valence-electron chi connectivity index (χ2n) is 4.80. The summed E-state index contributed by atoms with van der Waals surface area (Å²) in [7, 11) is 0. The number of nitrogens with one attached hydrogen (secondary N) is 1. The second-order valence-corrected chi connectivity index (χ2v) is 5.21. The highest BCUT2D eigenvalue weighted by atomic mass is 35.5. The van der Waals surface area contributed by atoms with Gasteiger partial charge >= 0.3 is 0 Å². The van der Waals surface area contributed by atoms with Crippen molar-refractivity contribution in [1.29, 1.82) is 0 Å². The Bertz CT molecular complexity index is 585. The van der Waals surface area contributed by atoms with E-state index in [2.05, 4.69) is 15.3 Å². The molecule has 20 heavy (non-hydrogen) atoms. The van der Waals surface area contributed by atoms with E-state index in [9.17, 15) is 0 Å². The Morgan fingerprint density at radius 3 is 2.65 bits per heavy atom. The highest BCUT2D eigenvalue weighted by Gasteiger charge is 2.21. The number of hydrogen-bond donors (Lipinski definition) is 1. The van der Waals surface area contributed by atoms with Crippen molar-refractivity contribution in [2.75, 3.05) is 13.1 Å². The normalized spacial score (nSPS) is 16.1. The van der Waals surface area contributed by atoms with Gasteiger partial charge in [0, 0.05) is 18.3 Å². The second kappa shape index (κ2) is 6.20. The Labute approximate surface area is 123 Å². The molecule has 1 fully saturated rings. The fraction of sp³-hybridized carbons (Fsp3) is 0.333. The SMILES string of the molecule is Clc1ccccc1Oc1nccnc1C1CCNCC1. The van der Waals surface area contributed by atoms with E-state index in [0.717, 1.165) is 31.6 Å². The average Bonchev–Trinajstić information content (AvgIpc) is 2.51. The van der Waals surface area contributed by atoms with Crippen molar-refractivity contribution in [2.24, 2.45) is 0 Å². The van der Waals surface area contributed by atoms with E-state index in [0.29, 0.717) is 22.6 Å². The quantitative estimate of drug-likeness (QED) is 0.941. The highest BCUT2D eigenvalue weighted by molar-refractivity contribution is 6.32. The Kier molecular flexibility index (Phi) is 4.14. The van der Waals surface area contributed by atoms with E-state index in [1.54, 1.807) is 18.5 Å². The van der Waals surface area contributed by atoms with Crippen molar-refractivity contribution in [2.45, 2.75) is 18.8 Å². The molecule has 1 aliphatic rings. The summed E-state index contributed by atoms with van der Waals surface area (Å²) in [6.45, 7) is 2.01. The maximum absolute atomic E-state index is 6.13. The molecule has 4 nitrogen and oxygen atoms in total. The van der Waals surface area contributed by atoms with E-state index in [1.807, 2.05) is 18.2 Å². The maximum atomic E-state index is 6.13. The number of piperidine rings is 1. The van der Waals surface area contributed by atoms with Crippen LogP contribution in [-0.4, -0.2) is 23.1 Å². The van der Waals surface area contributed by atoms with Crippen molar-refractivity contribution in [1.82, 2.24) is 15.3 Å². The van der Waals surface area contributed by atoms with Crippen LogP contribution in [-0.2, 0) is 0 Å². The van der Waals surface area contributed by atoms with Crippen molar-refractivity contribution >= 4 is 11.6 Å². The summed E-state index contributed by atoms with van der Waals surface area (Å²) in [6, 6.07) is 7.40. The Balaban J connectivity index is 1.88. The molecule has 0 atom stereocenters. The van der Waals surface area contributed by atoms with Crippen molar-refractivity contribution in [3.63, 3.8) is 0 Å². The molecule has 0 radical (unpaired) electrons. The molecule has 3 rings (SSSR count). The minimum absolute atomic E-state index is 0.391. The molecule has 0 bridgehead atoms. The molecule has 5 heteroatoms. The van der Waals surface area contributed by atoms with Gasteiger partial charge in [0.2, 0.25) is 5.88 Å². The highest BCUT2D eigenvalue weighted by Crippen LogP contribution is 2.34. The molecule has 1 aromatic heterocycles. The first-order chi connectivity index (χ1) is 9.84. The van der Waals surface area contributed by atoms with Crippen LogP contribution in [0.3, 0.4) is 0 Å². The number of para-hydroxylation sites is 1. The minimum Gasteiger partial charge on any atom is -0.436 e. The third kappa shape index (κ3) is 2.92. The van der Waals surface area contributed by atoms with Crippen LogP contribution in [0, 0.1) is 0 Å². The van der Waals surface area contributed by atoms with Gasteiger partial charge in [-0.2, -0.15) is 0 Å². The predicted molar refractivity (Wildman–Crippen MR) is 78.4 cm³/mol. The molecule has 104 valence electrons. The van der Waals surface area contributed by atoms with Crippen molar-refractivity contribution in [3.8, 4) is 11.6 Å². The lowest BCUT2D eigenvalue weighted by Crippen LogP contribution is -2.27. The molecular formula is C15H16ClN3O.